The first-order valence-corrected chi connectivity index (χ1v) is 6.90. The van der Waals surface area contributed by atoms with E-state index in [0.717, 1.165) is 6.07 Å². The quantitative estimate of drug-likeness (QED) is 0.471. The van der Waals surface area contributed by atoms with Crippen LogP contribution in [0.3, 0.4) is 0 Å². The lowest BCUT2D eigenvalue weighted by molar-refractivity contribution is -0.385. The summed E-state index contributed by atoms with van der Waals surface area (Å²) < 4.78 is 5.39. The van der Waals surface area contributed by atoms with Crippen LogP contribution in [0.2, 0.25) is 0 Å². The zero-order valence-electron chi connectivity index (χ0n) is 11.2. The molecule has 0 atom stereocenters. The van der Waals surface area contributed by atoms with Gasteiger partial charge in [0, 0.05) is 6.07 Å². The highest BCUT2D eigenvalue weighted by Crippen LogP contribution is 2.26. The smallest absolute Gasteiger partial charge is 0.338 e. The van der Waals surface area contributed by atoms with Crippen LogP contribution in [0.1, 0.15) is 21.5 Å². The van der Waals surface area contributed by atoms with Crippen molar-refractivity contribution in [3.05, 3.63) is 73.7 Å². The highest BCUT2D eigenvalue weighted by molar-refractivity contribution is 9.10. The number of benzene rings is 2. The third-order valence-corrected chi connectivity index (χ3v) is 3.48. The fourth-order valence-corrected chi connectivity index (χ4v) is 2.13. The topological polar surface area (TPSA) is 93.2 Å². The molecule has 0 N–H and O–H groups in total. The van der Waals surface area contributed by atoms with Crippen molar-refractivity contribution < 1.29 is 14.5 Å². The molecule has 0 saturated heterocycles. The first-order chi connectivity index (χ1) is 10.5. The van der Waals surface area contributed by atoms with Crippen molar-refractivity contribution in [1.29, 1.82) is 5.26 Å². The average molecular weight is 361 g/mol. The van der Waals surface area contributed by atoms with Crippen LogP contribution in [-0.4, -0.2) is 10.9 Å². The van der Waals surface area contributed by atoms with E-state index < -0.39 is 10.9 Å². The summed E-state index contributed by atoms with van der Waals surface area (Å²) in [5.41, 5.74) is 1.01. The summed E-state index contributed by atoms with van der Waals surface area (Å²) in [5, 5.41) is 19.6. The van der Waals surface area contributed by atoms with E-state index in [1.165, 1.54) is 12.1 Å². The molecule has 0 amide bonds. The highest BCUT2D eigenvalue weighted by atomic mass is 79.9. The maximum Gasteiger partial charge on any atom is 0.338 e. The molecule has 2 aromatic rings. The van der Waals surface area contributed by atoms with Gasteiger partial charge in [0.05, 0.1) is 26.6 Å². The summed E-state index contributed by atoms with van der Waals surface area (Å²) in [4.78, 5) is 22.2. The van der Waals surface area contributed by atoms with Gasteiger partial charge in [0.15, 0.2) is 0 Å². The molecule has 0 aliphatic carbocycles. The van der Waals surface area contributed by atoms with E-state index in [1.54, 1.807) is 24.3 Å². The minimum atomic E-state index is -0.669. The van der Waals surface area contributed by atoms with E-state index in [9.17, 15) is 14.9 Å². The van der Waals surface area contributed by atoms with E-state index >= 15 is 0 Å². The van der Waals surface area contributed by atoms with Crippen molar-refractivity contribution in [2.45, 2.75) is 6.61 Å². The van der Waals surface area contributed by atoms with E-state index in [2.05, 4.69) is 15.9 Å². The molecule has 0 bridgehead atoms. The largest absolute Gasteiger partial charge is 0.457 e. The summed E-state index contributed by atoms with van der Waals surface area (Å²) in [6.07, 6.45) is 0. The molecule has 0 heterocycles. The maximum absolute atomic E-state index is 11.9. The SMILES string of the molecule is N#Cc1cccc(COC(=O)c2ccc(Br)c([N+](=O)[O-])c2)c1. The number of esters is 1. The summed E-state index contributed by atoms with van der Waals surface area (Å²) in [5.74, 6) is -0.669. The lowest BCUT2D eigenvalue weighted by Crippen LogP contribution is -2.06. The number of carbonyl (C=O) groups is 1. The van der Waals surface area contributed by atoms with Crippen molar-refractivity contribution in [3.63, 3.8) is 0 Å². The van der Waals surface area contributed by atoms with Crippen LogP contribution in [0.5, 0.6) is 0 Å². The van der Waals surface area contributed by atoms with Gasteiger partial charge in [-0.3, -0.25) is 10.1 Å². The van der Waals surface area contributed by atoms with Crippen molar-refractivity contribution in [2.75, 3.05) is 0 Å². The Morgan fingerprint density at radius 3 is 2.77 bits per heavy atom. The molecule has 0 spiro atoms. The van der Waals surface area contributed by atoms with Crippen LogP contribution in [0.15, 0.2) is 46.9 Å². The summed E-state index contributed by atoms with van der Waals surface area (Å²) in [6.45, 7) is -0.0157. The Labute approximate surface area is 134 Å². The minimum Gasteiger partial charge on any atom is -0.457 e. The Kier molecular flexibility index (Phi) is 4.86. The molecular weight excluding hydrogens is 352 g/mol. The number of rotatable bonds is 4. The number of hydrogen-bond donors (Lipinski definition) is 0. The predicted molar refractivity (Wildman–Crippen MR) is 81.1 cm³/mol. The molecule has 6 nitrogen and oxygen atoms in total. The van der Waals surface area contributed by atoms with Crippen molar-refractivity contribution in [3.8, 4) is 6.07 Å². The molecule has 0 aliphatic rings. The minimum absolute atomic E-state index is 0.0157. The van der Waals surface area contributed by atoms with Gasteiger partial charge in [0.25, 0.3) is 5.69 Å². The fourth-order valence-electron chi connectivity index (χ4n) is 1.74. The Bertz CT molecular complexity index is 783. The second kappa shape index (κ2) is 6.83. The third-order valence-electron chi connectivity index (χ3n) is 2.80. The maximum atomic E-state index is 11.9. The van der Waals surface area contributed by atoms with E-state index in [4.69, 9.17) is 10.00 Å². The number of halogens is 1. The average Bonchev–Trinajstić information content (AvgIpc) is 2.53. The van der Waals surface area contributed by atoms with Gasteiger partial charge in [-0.2, -0.15) is 5.26 Å². The van der Waals surface area contributed by atoms with Gasteiger partial charge in [-0.25, -0.2) is 4.79 Å². The van der Waals surface area contributed by atoms with Crippen LogP contribution < -0.4 is 0 Å². The fraction of sp³-hybridized carbons (Fsp3) is 0.0667. The normalized spacial score (nSPS) is 9.82. The van der Waals surface area contributed by atoms with E-state index in [-0.39, 0.29) is 22.3 Å². The molecule has 0 aliphatic heterocycles. The van der Waals surface area contributed by atoms with Crippen molar-refractivity contribution >= 4 is 27.6 Å². The van der Waals surface area contributed by atoms with Crippen molar-refractivity contribution in [1.82, 2.24) is 0 Å². The number of ether oxygens (including phenoxy) is 1. The molecule has 22 heavy (non-hydrogen) atoms. The van der Waals surface area contributed by atoms with Gasteiger partial charge in [-0.15, -0.1) is 0 Å². The Morgan fingerprint density at radius 1 is 1.32 bits per heavy atom. The zero-order valence-corrected chi connectivity index (χ0v) is 12.7. The van der Waals surface area contributed by atoms with Gasteiger partial charge in [0.2, 0.25) is 0 Å². The highest BCUT2D eigenvalue weighted by Gasteiger charge is 2.16. The van der Waals surface area contributed by atoms with Crippen molar-refractivity contribution in [2.24, 2.45) is 0 Å². The monoisotopic (exact) mass is 360 g/mol. The van der Waals surface area contributed by atoms with Gasteiger partial charge < -0.3 is 4.74 Å². The molecule has 7 heteroatoms. The van der Waals surface area contributed by atoms with E-state index in [0.29, 0.717) is 11.1 Å². The molecular formula is C15H9BrN2O4. The molecule has 0 fully saturated rings. The number of nitro groups is 1. The van der Waals surface area contributed by atoms with Gasteiger partial charge in [0.1, 0.15) is 6.61 Å². The van der Waals surface area contributed by atoms with Gasteiger partial charge in [-0.1, -0.05) is 12.1 Å². The Balaban J connectivity index is 2.11. The molecule has 0 aromatic heterocycles. The third kappa shape index (κ3) is 3.68. The first-order valence-electron chi connectivity index (χ1n) is 6.11. The van der Waals surface area contributed by atoms with Crippen LogP contribution in [0.4, 0.5) is 5.69 Å². The predicted octanol–water partition coefficient (Wildman–Crippen LogP) is 3.59. The van der Waals surface area contributed by atoms with Gasteiger partial charge in [-0.05, 0) is 45.8 Å². The molecule has 0 unspecified atom stereocenters. The molecule has 110 valence electrons. The summed E-state index contributed by atoms with van der Waals surface area (Å²) in [7, 11) is 0. The van der Waals surface area contributed by atoms with Crippen LogP contribution in [0.25, 0.3) is 0 Å². The summed E-state index contributed by atoms with van der Waals surface area (Å²) >= 11 is 3.05. The molecule has 2 aromatic carbocycles. The second-order valence-corrected chi connectivity index (χ2v) is 5.17. The van der Waals surface area contributed by atoms with E-state index in [1.807, 2.05) is 6.07 Å². The number of nitro benzene ring substituents is 1. The Hall–Kier alpha value is -2.72. The second-order valence-electron chi connectivity index (χ2n) is 4.31. The van der Waals surface area contributed by atoms with Crippen LogP contribution in [-0.2, 0) is 11.3 Å². The number of nitrogens with zero attached hydrogens (tertiary/aromatic N) is 2. The first kappa shape index (κ1) is 15.7. The number of carbonyl (C=O) groups excluding carboxylic acids is 1. The van der Waals surface area contributed by atoms with Crippen LogP contribution in [0, 0.1) is 21.4 Å². The molecule has 0 radical (unpaired) electrons. The number of nitriles is 1. The lowest BCUT2D eigenvalue weighted by atomic mass is 10.1. The molecule has 0 saturated carbocycles. The number of hydrogen-bond acceptors (Lipinski definition) is 5. The van der Waals surface area contributed by atoms with Gasteiger partial charge >= 0.3 is 5.97 Å². The zero-order chi connectivity index (χ0) is 16.1. The lowest BCUT2D eigenvalue weighted by Gasteiger charge is -2.06. The molecule has 2 rings (SSSR count). The summed E-state index contributed by atoms with van der Waals surface area (Å²) in [6, 6.07) is 12.7. The van der Waals surface area contributed by atoms with Crippen LogP contribution >= 0.6 is 15.9 Å². The standard InChI is InChI=1S/C15H9BrN2O4/c16-13-5-4-12(7-14(13)18(20)21)15(19)22-9-11-3-1-2-10(6-11)8-17/h1-7H,9H2. The Morgan fingerprint density at radius 2 is 2.09 bits per heavy atom.